The van der Waals surface area contributed by atoms with E-state index in [-0.39, 0.29) is 11.4 Å². The van der Waals surface area contributed by atoms with E-state index in [1.807, 2.05) is 0 Å². The third-order valence-corrected chi connectivity index (χ3v) is 7.25. The first kappa shape index (κ1) is 21.3. The van der Waals surface area contributed by atoms with Crippen LogP contribution in [-0.2, 0) is 14.6 Å². The van der Waals surface area contributed by atoms with Crippen molar-refractivity contribution >= 4 is 15.9 Å². The normalized spacial score (nSPS) is 24.0. The molecule has 2 aromatic carbocycles. The molecule has 3 rings (SSSR count). The van der Waals surface area contributed by atoms with Crippen molar-refractivity contribution in [3.8, 4) is 0 Å². The summed E-state index contributed by atoms with van der Waals surface area (Å²) in [5, 5.41) is 1.70. The zero-order chi connectivity index (χ0) is 21.4. The van der Waals surface area contributed by atoms with Crippen molar-refractivity contribution in [2.45, 2.75) is 48.0 Å². The van der Waals surface area contributed by atoms with Gasteiger partial charge in [0.15, 0.2) is 9.84 Å². The van der Waals surface area contributed by atoms with Crippen LogP contribution in [0.4, 0.5) is 9.18 Å². The number of alkyl carbamates (subject to hydrolysis) is 1. The Bertz CT molecular complexity index is 988. The van der Waals surface area contributed by atoms with Crippen LogP contribution in [0.3, 0.4) is 0 Å². The Morgan fingerprint density at radius 2 is 1.72 bits per heavy atom. The maximum absolute atomic E-state index is 13.4. The van der Waals surface area contributed by atoms with E-state index in [2.05, 4.69) is 5.32 Å². The third-order valence-electron chi connectivity index (χ3n) is 4.96. The van der Waals surface area contributed by atoms with Gasteiger partial charge >= 0.3 is 6.09 Å². The van der Waals surface area contributed by atoms with Crippen molar-refractivity contribution in [1.29, 1.82) is 0 Å². The van der Waals surface area contributed by atoms with Gasteiger partial charge in [0.25, 0.3) is 0 Å². The van der Waals surface area contributed by atoms with Gasteiger partial charge in [0, 0.05) is 12.5 Å². The zero-order valence-electron chi connectivity index (χ0n) is 16.6. The Balaban J connectivity index is 2.03. The molecule has 0 radical (unpaired) electrons. The van der Waals surface area contributed by atoms with Gasteiger partial charge in [0.05, 0.1) is 10.4 Å². The molecule has 1 amide bonds. The van der Waals surface area contributed by atoms with Crippen molar-refractivity contribution in [2.24, 2.45) is 5.73 Å². The van der Waals surface area contributed by atoms with Gasteiger partial charge in [-0.2, -0.15) is 0 Å². The lowest BCUT2D eigenvalue weighted by Crippen LogP contribution is -2.49. The van der Waals surface area contributed by atoms with E-state index in [9.17, 15) is 17.6 Å². The van der Waals surface area contributed by atoms with Crippen LogP contribution >= 0.6 is 0 Å². The van der Waals surface area contributed by atoms with Gasteiger partial charge in [-0.05, 0) is 50.6 Å². The van der Waals surface area contributed by atoms with E-state index < -0.39 is 44.1 Å². The number of amides is 1. The summed E-state index contributed by atoms with van der Waals surface area (Å²) in [6.07, 6.45) is -0.749. The summed E-state index contributed by atoms with van der Waals surface area (Å²) in [5.41, 5.74) is 4.56. The highest BCUT2D eigenvalue weighted by Crippen LogP contribution is 2.56. The Labute approximate surface area is 170 Å². The van der Waals surface area contributed by atoms with Crippen molar-refractivity contribution in [3.63, 3.8) is 0 Å². The van der Waals surface area contributed by atoms with Gasteiger partial charge in [-0.1, -0.05) is 30.3 Å². The molecule has 1 aliphatic carbocycles. The maximum Gasteiger partial charge on any atom is 0.408 e. The summed E-state index contributed by atoms with van der Waals surface area (Å²) in [6.45, 7) is 5.02. The number of sulfone groups is 1. The van der Waals surface area contributed by atoms with Crippen LogP contribution in [0.15, 0.2) is 59.5 Å². The molecule has 1 saturated carbocycles. The predicted octanol–water partition coefficient (Wildman–Crippen LogP) is 2.99. The number of carbonyl (C=O) groups excluding carboxylic acids is 1. The fourth-order valence-electron chi connectivity index (χ4n) is 3.70. The molecule has 6 nitrogen and oxygen atoms in total. The molecule has 0 unspecified atom stereocenters. The van der Waals surface area contributed by atoms with Gasteiger partial charge in [-0.25, -0.2) is 17.6 Å². The largest absolute Gasteiger partial charge is 0.444 e. The van der Waals surface area contributed by atoms with E-state index in [0.717, 1.165) is 0 Å². The molecule has 0 heterocycles. The van der Waals surface area contributed by atoms with Gasteiger partial charge < -0.3 is 15.8 Å². The topological polar surface area (TPSA) is 98.5 Å². The Hall–Kier alpha value is -2.45. The second-order valence-corrected chi connectivity index (χ2v) is 10.2. The Morgan fingerprint density at radius 1 is 1.14 bits per heavy atom. The third kappa shape index (κ3) is 4.13. The minimum Gasteiger partial charge on any atom is -0.444 e. The van der Waals surface area contributed by atoms with Crippen LogP contribution in [-0.4, -0.2) is 37.4 Å². The van der Waals surface area contributed by atoms with Crippen molar-refractivity contribution < 1.29 is 22.3 Å². The molecule has 0 saturated heterocycles. The van der Waals surface area contributed by atoms with Crippen LogP contribution < -0.4 is 11.1 Å². The molecular formula is C21H25FN2O4S. The van der Waals surface area contributed by atoms with E-state index in [1.165, 1.54) is 36.4 Å². The first-order valence-electron chi connectivity index (χ1n) is 9.27. The Morgan fingerprint density at radius 3 is 2.24 bits per heavy atom. The van der Waals surface area contributed by atoms with Gasteiger partial charge in [-0.3, -0.25) is 0 Å². The number of rotatable bonds is 5. The summed E-state index contributed by atoms with van der Waals surface area (Å²) in [4.78, 5) is 12.6. The van der Waals surface area contributed by atoms with E-state index in [4.69, 9.17) is 10.5 Å². The van der Waals surface area contributed by atoms with Crippen molar-refractivity contribution in [1.82, 2.24) is 5.32 Å². The van der Waals surface area contributed by atoms with Gasteiger partial charge in [0.2, 0.25) is 0 Å². The molecule has 1 fully saturated rings. The van der Waals surface area contributed by atoms with Crippen LogP contribution in [0, 0.1) is 5.82 Å². The summed E-state index contributed by atoms with van der Waals surface area (Å²) in [7, 11) is -3.83. The number of hydrogen-bond donors (Lipinski definition) is 2. The highest BCUT2D eigenvalue weighted by molar-refractivity contribution is 7.92. The molecule has 0 bridgehead atoms. The molecule has 29 heavy (non-hydrogen) atoms. The van der Waals surface area contributed by atoms with Gasteiger partial charge in [-0.15, -0.1) is 0 Å². The summed E-state index contributed by atoms with van der Waals surface area (Å²) in [5.74, 6) is -1.07. The number of benzene rings is 2. The number of nitrogens with two attached hydrogens (primary N) is 1. The molecule has 0 spiro atoms. The maximum atomic E-state index is 13.4. The fraction of sp³-hybridized carbons (Fsp3) is 0.381. The van der Waals surface area contributed by atoms with Crippen molar-refractivity contribution in [2.75, 3.05) is 6.54 Å². The van der Waals surface area contributed by atoms with Crippen LogP contribution in [0.1, 0.15) is 32.3 Å². The standard InChI is InChI=1S/C21H25FN2O4S/c1-20(2,3)28-19(25)24-21(13-23)17(14-9-11-15(22)12-10-14)18(21)29(26,27)16-7-5-4-6-8-16/h4-12,17-18H,13,23H2,1-3H3,(H,24,25)/t17-,18-,21+/m0/s1. The minimum atomic E-state index is -3.83. The lowest BCUT2D eigenvalue weighted by molar-refractivity contribution is 0.0497. The second kappa shape index (κ2) is 7.42. The minimum absolute atomic E-state index is 0.120. The monoisotopic (exact) mass is 420 g/mol. The second-order valence-electron chi connectivity index (χ2n) is 8.18. The summed E-state index contributed by atoms with van der Waals surface area (Å²) in [6, 6.07) is 13.5. The average Bonchev–Trinajstić information content (AvgIpc) is 3.31. The molecule has 0 aliphatic heterocycles. The molecule has 8 heteroatoms. The number of carbonyl (C=O) groups is 1. The number of halogens is 1. The molecule has 3 N–H and O–H groups in total. The van der Waals surface area contributed by atoms with E-state index >= 15 is 0 Å². The Kier molecular flexibility index (Phi) is 5.44. The molecule has 0 aromatic heterocycles. The van der Waals surface area contributed by atoms with E-state index in [0.29, 0.717) is 5.56 Å². The molecule has 3 atom stereocenters. The highest BCUT2D eigenvalue weighted by Gasteiger charge is 2.71. The molecular weight excluding hydrogens is 395 g/mol. The van der Waals surface area contributed by atoms with Crippen LogP contribution in [0.25, 0.3) is 0 Å². The number of nitrogens with one attached hydrogen (secondary N) is 1. The van der Waals surface area contributed by atoms with Gasteiger partial charge in [0.1, 0.15) is 16.7 Å². The predicted molar refractivity (Wildman–Crippen MR) is 108 cm³/mol. The molecule has 1 aliphatic rings. The molecule has 2 aromatic rings. The number of hydrogen-bond acceptors (Lipinski definition) is 5. The quantitative estimate of drug-likeness (QED) is 0.775. The first-order valence-corrected chi connectivity index (χ1v) is 10.8. The SMILES string of the molecule is CC(C)(C)OC(=O)N[C@]1(CN)[C@@H](c2ccc(F)cc2)[C@@H]1S(=O)(=O)c1ccccc1. The van der Waals surface area contributed by atoms with Crippen molar-refractivity contribution in [3.05, 3.63) is 66.0 Å². The highest BCUT2D eigenvalue weighted by atomic mass is 32.2. The smallest absolute Gasteiger partial charge is 0.408 e. The first-order chi connectivity index (χ1) is 13.5. The lowest BCUT2D eigenvalue weighted by atomic mass is 10.1. The van der Waals surface area contributed by atoms with Crippen LogP contribution in [0.2, 0.25) is 0 Å². The summed E-state index contributed by atoms with van der Waals surface area (Å²) >= 11 is 0. The number of ether oxygens (including phenoxy) is 1. The lowest BCUT2D eigenvalue weighted by Gasteiger charge is -2.24. The zero-order valence-corrected chi connectivity index (χ0v) is 17.4. The van der Waals surface area contributed by atoms with E-state index in [1.54, 1.807) is 39.0 Å². The average molecular weight is 421 g/mol. The summed E-state index contributed by atoms with van der Waals surface area (Å²) < 4.78 is 45.5. The van der Waals surface area contributed by atoms with Crippen LogP contribution in [0.5, 0.6) is 0 Å². The molecule has 156 valence electrons. The fourth-order valence-corrected chi connectivity index (χ4v) is 6.06.